The number of benzene rings is 2. The number of allylic oxidation sites excluding steroid dienone is 2. The maximum Gasteiger partial charge on any atom is 0.307 e. The van der Waals surface area contributed by atoms with Gasteiger partial charge >= 0.3 is 5.97 Å². The lowest BCUT2D eigenvalue weighted by atomic mass is 9.82. The predicted octanol–water partition coefficient (Wildman–Crippen LogP) is 3.86. The first-order valence-corrected chi connectivity index (χ1v) is 8.53. The molecule has 0 heterocycles. The van der Waals surface area contributed by atoms with E-state index in [4.69, 9.17) is 0 Å². The van der Waals surface area contributed by atoms with Crippen molar-refractivity contribution in [3.63, 3.8) is 0 Å². The Kier molecular flexibility index (Phi) is 3.88. The molecule has 2 aliphatic rings. The van der Waals surface area contributed by atoms with E-state index in [0.29, 0.717) is 12.8 Å². The highest BCUT2D eigenvalue weighted by Crippen LogP contribution is 2.37. The number of rotatable bonds is 3. The van der Waals surface area contributed by atoms with Crippen molar-refractivity contribution in [3.8, 4) is 11.1 Å². The van der Waals surface area contributed by atoms with Gasteiger partial charge in [0.2, 0.25) is 5.91 Å². The van der Waals surface area contributed by atoms with Crippen LogP contribution in [-0.2, 0) is 16.0 Å². The van der Waals surface area contributed by atoms with Crippen molar-refractivity contribution in [3.05, 3.63) is 65.7 Å². The van der Waals surface area contributed by atoms with Gasteiger partial charge in [0.15, 0.2) is 0 Å². The highest BCUT2D eigenvalue weighted by atomic mass is 16.4. The van der Waals surface area contributed by atoms with Crippen molar-refractivity contribution < 1.29 is 14.7 Å². The van der Waals surface area contributed by atoms with Crippen LogP contribution in [0.5, 0.6) is 0 Å². The van der Waals surface area contributed by atoms with Gasteiger partial charge in [0.05, 0.1) is 11.8 Å². The number of anilines is 1. The molecule has 0 fully saturated rings. The highest BCUT2D eigenvalue weighted by molar-refractivity contribution is 5.96. The maximum absolute atomic E-state index is 12.6. The molecule has 2 atom stereocenters. The minimum absolute atomic E-state index is 0.216. The van der Waals surface area contributed by atoms with Crippen LogP contribution in [0.4, 0.5) is 5.69 Å². The summed E-state index contributed by atoms with van der Waals surface area (Å²) in [4.78, 5) is 24.0. The molecule has 2 aromatic rings. The molecule has 4 heteroatoms. The lowest BCUT2D eigenvalue weighted by Crippen LogP contribution is -2.34. The second-order valence-corrected chi connectivity index (χ2v) is 6.69. The number of carbonyl (C=O) groups excluding carboxylic acids is 1. The molecular weight excluding hydrogens is 314 g/mol. The van der Waals surface area contributed by atoms with Crippen LogP contribution >= 0.6 is 0 Å². The zero-order valence-electron chi connectivity index (χ0n) is 13.7. The molecule has 0 aliphatic heterocycles. The number of aliphatic carboxylic acids is 1. The first-order valence-electron chi connectivity index (χ1n) is 8.53. The second kappa shape index (κ2) is 6.20. The average molecular weight is 333 g/mol. The molecular formula is C21H19NO3. The zero-order valence-corrected chi connectivity index (χ0v) is 13.7. The molecule has 0 radical (unpaired) electrons. The molecule has 0 aromatic heterocycles. The lowest BCUT2D eigenvalue weighted by molar-refractivity contribution is -0.146. The zero-order chi connectivity index (χ0) is 17.4. The minimum Gasteiger partial charge on any atom is -0.481 e. The number of carboxylic acids is 1. The highest BCUT2D eigenvalue weighted by Gasteiger charge is 2.34. The van der Waals surface area contributed by atoms with E-state index in [0.717, 1.165) is 12.1 Å². The summed E-state index contributed by atoms with van der Waals surface area (Å²) in [5, 5.41) is 12.3. The monoisotopic (exact) mass is 333 g/mol. The molecule has 0 spiro atoms. The molecule has 4 nitrogen and oxygen atoms in total. The summed E-state index contributed by atoms with van der Waals surface area (Å²) in [5.74, 6) is -2.29. The number of hydrogen-bond donors (Lipinski definition) is 2. The van der Waals surface area contributed by atoms with Crippen molar-refractivity contribution in [1.82, 2.24) is 0 Å². The smallest absolute Gasteiger partial charge is 0.307 e. The third kappa shape index (κ3) is 2.84. The van der Waals surface area contributed by atoms with Crippen LogP contribution in [0.25, 0.3) is 11.1 Å². The van der Waals surface area contributed by atoms with E-state index in [1.807, 2.05) is 42.5 Å². The molecule has 25 heavy (non-hydrogen) atoms. The first-order chi connectivity index (χ1) is 12.1. The molecule has 0 bridgehead atoms. The summed E-state index contributed by atoms with van der Waals surface area (Å²) in [7, 11) is 0. The SMILES string of the molecule is O=C(O)[C@@H]1CC=CC[C@H]1C(=O)Nc1ccc2c(c1)Cc1ccccc1-2. The van der Waals surface area contributed by atoms with Gasteiger partial charge in [-0.25, -0.2) is 0 Å². The summed E-state index contributed by atoms with van der Waals surface area (Å²) >= 11 is 0. The van der Waals surface area contributed by atoms with Crippen LogP contribution in [0, 0.1) is 11.8 Å². The molecule has 126 valence electrons. The van der Waals surface area contributed by atoms with Crippen LogP contribution in [-0.4, -0.2) is 17.0 Å². The fraction of sp³-hybridized carbons (Fsp3) is 0.238. The summed E-state index contributed by atoms with van der Waals surface area (Å²) in [5.41, 5.74) is 5.67. The molecule has 1 amide bonds. The fourth-order valence-corrected chi connectivity index (χ4v) is 3.83. The van der Waals surface area contributed by atoms with Gasteiger partial charge in [0.25, 0.3) is 0 Å². The van der Waals surface area contributed by atoms with Gasteiger partial charge in [-0.1, -0.05) is 42.5 Å². The van der Waals surface area contributed by atoms with E-state index in [1.165, 1.54) is 22.3 Å². The quantitative estimate of drug-likeness (QED) is 0.715. The average Bonchev–Trinajstić information content (AvgIpc) is 2.99. The van der Waals surface area contributed by atoms with E-state index in [1.54, 1.807) is 0 Å². The minimum atomic E-state index is -0.908. The van der Waals surface area contributed by atoms with E-state index in [9.17, 15) is 14.7 Å². The van der Waals surface area contributed by atoms with Gasteiger partial charge < -0.3 is 10.4 Å². The van der Waals surface area contributed by atoms with Gasteiger partial charge in [-0.3, -0.25) is 9.59 Å². The third-order valence-corrected chi connectivity index (χ3v) is 5.15. The Morgan fingerprint density at radius 2 is 1.64 bits per heavy atom. The van der Waals surface area contributed by atoms with E-state index >= 15 is 0 Å². The van der Waals surface area contributed by atoms with Crippen molar-refractivity contribution in [2.45, 2.75) is 19.3 Å². The van der Waals surface area contributed by atoms with Crippen LogP contribution in [0.2, 0.25) is 0 Å². The van der Waals surface area contributed by atoms with Crippen LogP contribution in [0.1, 0.15) is 24.0 Å². The molecule has 0 unspecified atom stereocenters. The van der Waals surface area contributed by atoms with Gasteiger partial charge in [-0.2, -0.15) is 0 Å². The number of hydrogen-bond acceptors (Lipinski definition) is 2. The number of fused-ring (bicyclic) bond motifs is 3. The Bertz CT molecular complexity index is 884. The molecule has 0 saturated carbocycles. The Morgan fingerprint density at radius 3 is 2.44 bits per heavy atom. The van der Waals surface area contributed by atoms with E-state index < -0.39 is 17.8 Å². The number of amides is 1. The topological polar surface area (TPSA) is 66.4 Å². The Labute approximate surface area is 146 Å². The Balaban J connectivity index is 1.54. The molecule has 0 saturated heterocycles. The normalized spacial score (nSPS) is 20.6. The largest absolute Gasteiger partial charge is 0.481 e. The lowest BCUT2D eigenvalue weighted by Gasteiger charge is -2.24. The van der Waals surface area contributed by atoms with E-state index in [2.05, 4.69) is 17.4 Å². The predicted molar refractivity (Wildman–Crippen MR) is 96.3 cm³/mol. The van der Waals surface area contributed by atoms with Gasteiger partial charge in [-0.15, -0.1) is 0 Å². The summed E-state index contributed by atoms with van der Waals surface area (Å²) < 4.78 is 0. The number of nitrogens with one attached hydrogen (secondary N) is 1. The number of carboxylic acid groups (broad SMARTS) is 1. The van der Waals surface area contributed by atoms with Crippen molar-refractivity contribution >= 4 is 17.6 Å². The molecule has 2 N–H and O–H groups in total. The van der Waals surface area contributed by atoms with Crippen LogP contribution < -0.4 is 5.32 Å². The fourth-order valence-electron chi connectivity index (χ4n) is 3.83. The summed E-state index contributed by atoms with van der Waals surface area (Å²) in [6.07, 6.45) is 5.48. The first kappa shape index (κ1) is 15.6. The second-order valence-electron chi connectivity index (χ2n) is 6.69. The summed E-state index contributed by atoms with van der Waals surface area (Å²) in [6, 6.07) is 14.2. The van der Waals surface area contributed by atoms with Gasteiger partial charge in [0.1, 0.15) is 0 Å². The van der Waals surface area contributed by atoms with Crippen LogP contribution in [0.15, 0.2) is 54.6 Å². The Hall–Kier alpha value is -2.88. The van der Waals surface area contributed by atoms with Crippen molar-refractivity contribution in [2.24, 2.45) is 11.8 Å². The van der Waals surface area contributed by atoms with Crippen LogP contribution in [0.3, 0.4) is 0 Å². The maximum atomic E-state index is 12.6. The van der Waals surface area contributed by atoms with E-state index in [-0.39, 0.29) is 5.91 Å². The molecule has 2 aromatic carbocycles. The summed E-state index contributed by atoms with van der Waals surface area (Å²) in [6.45, 7) is 0. The van der Waals surface area contributed by atoms with Crippen molar-refractivity contribution in [2.75, 3.05) is 5.32 Å². The van der Waals surface area contributed by atoms with Gasteiger partial charge in [-0.05, 0) is 53.6 Å². The molecule has 2 aliphatic carbocycles. The Morgan fingerprint density at radius 1 is 0.920 bits per heavy atom. The molecule has 4 rings (SSSR count). The third-order valence-electron chi connectivity index (χ3n) is 5.15. The standard InChI is InChI=1S/C21H19NO3/c23-20(18-7-3-4-8-19(18)21(24)25)22-15-9-10-17-14(12-15)11-13-5-1-2-6-16(13)17/h1-6,9-10,12,18-19H,7-8,11H2,(H,22,23)(H,24,25)/t18-,19-/m1/s1. The van der Waals surface area contributed by atoms with Gasteiger partial charge in [0, 0.05) is 5.69 Å². The van der Waals surface area contributed by atoms with Crippen molar-refractivity contribution in [1.29, 1.82) is 0 Å². The number of carbonyl (C=O) groups is 2.